The van der Waals surface area contributed by atoms with Gasteiger partial charge in [-0.2, -0.15) is 26.3 Å². The van der Waals surface area contributed by atoms with E-state index in [1.807, 2.05) is 6.92 Å². The van der Waals surface area contributed by atoms with E-state index >= 15 is 0 Å². The number of amides is 1. The molecule has 0 aliphatic heterocycles. The molecule has 0 aliphatic rings. The fourth-order valence-electron chi connectivity index (χ4n) is 2.70. The van der Waals surface area contributed by atoms with Crippen LogP contribution in [0.2, 0.25) is 5.02 Å². The predicted octanol–water partition coefficient (Wildman–Crippen LogP) is 7.73. The minimum absolute atomic E-state index is 0.0333. The van der Waals surface area contributed by atoms with Gasteiger partial charge in [0.2, 0.25) is 0 Å². The summed E-state index contributed by atoms with van der Waals surface area (Å²) in [5.41, 5.74) is -3.09. The van der Waals surface area contributed by atoms with Gasteiger partial charge in [0.1, 0.15) is 5.75 Å². The van der Waals surface area contributed by atoms with Crippen LogP contribution in [0, 0.1) is 6.92 Å². The highest BCUT2D eigenvalue weighted by Gasteiger charge is 2.37. The molecule has 0 unspecified atom stereocenters. The number of halogens is 7. The Kier molecular flexibility index (Phi) is 6.41. The van der Waals surface area contributed by atoms with Gasteiger partial charge in [-0.3, -0.25) is 4.79 Å². The molecule has 1 N–H and O–H groups in total. The number of carbonyl (C=O) groups excluding carboxylic acids is 1. The highest BCUT2D eigenvalue weighted by Crippen LogP contribution is 2.37. The normalized spacial score (nSPS) is 11.9. The summed E-state index contributed by atoms with van der Waals surface area (Å²) in [4.78, 5) is 12.6. The third-order valence-electron chi connectivity index (χ3n) is 4.29. The third-order valence-corrected chi connectivity index (χ3v) is 4.52. The van der Waals surface area contributed by atoms with E-state index < -0.39 is 35.0 Å². The van der Waals surface area contributed by atoms with E-state index in [1.165, 1.54) is 18.2 Å². The van der Waals surface area contributed by atoms with Crippen LogP contribution < -0.4 is 10.1 Å². The largest absolute Gasteiger partial charge is 0.455 e. The van der Waals surface area contributed by atoms with Crippen LogP contribution >= 0.6 is 11.6 Å². The molecular formula is C22H14ClF6NO2. The van der Waals surface area contributed by atoms with E-state index in [-0.39, 0.29) is 22.5 Å². The van der Waals surface area contributed by atoms with Gasteiger partial charge in [-0.25, -0.2) is 0 Å². The average molecular weight is 474 g/mol. The molecule has 0 saturated carbocycles. The highest BCUT2D eigenvalue weighted by atomic mass is 35.5. The number of nitrogens with one attached hydrogen (secondary N) is 1. The number of anilines is 1. The molecule has 10 heteroatoms. The van der Waals surface area contributed by atoms with Crippen molar-refractivity contribution < 1.29 is 35.9 Å². The molecule has 0 aromatic heterocycles. The average Bonchev–Trinajstić information content (AvgIpc) is 2.70. The summed E-state index contributed by atoms with van der Waals surface area (Å²) in [5, 5.41) is 2.44. The van der Waals surface area contributed by atoms with Gasteiger partial charge in [0.25, 0.3) is 5.91 Å². The number of hydrogen-bond donors (Lipinski definition) is 1. The lowest BCUT2D eigenvalue weighted by atomic mass is 10.0. The van der Waals surface area contributed by atoms with Gasteiger partial charge in [0, 0.05) is 10.6 Å². The van der Waals surface area contributed by atoms with Gasteiger partial charge in [-0.15, -0.1) is 0 Å². The van der Waals surface area contributed by atoms with Crippen molar-refractivity contribution in [2.45, 2.75) is 19.3 Å². The molecule has 0 fully saturated rings. The predicted molar refractivity (Wildman–Crippen MR) is 107 cm³/mol. The molecular weight excluding hydrogens is 460 g/mol. The summed E-state index contributed by atoms with van der Waals surface area (Å²) in [7, 11) is 0. The second-order valence-electron chi connectivity index (χ2n) is 6.80. The monoisotopic (exact) mass is 473 g/mol. The van der Waals surface area contributed by atoms with Crippen LogP contribution in [-0.4, -0.2) is 5.91 Å². The highest BCUT2D eigenvalue weighted by molar-refractivity contribution is 6.31. The van der Waals surface area contributed by atoms with Crippen LogP contribution in [0.15, 0.2) is 60.7 Å². The molecule has 0 bridgehead atoms. The van der Waals surface area contributed by atoms with E-state index in [2.05, 4.69) is 5.32 Å². The Labute approximate surface area is 183 Å². The lowest BCUT2D eigenvalue weighted by Crippen LogP contribution is -2.17. The quantitative estimate of drug-likeness (QED) is 0.394. The van der Waals surface area contributed by atoms with Crippen molar-refractivity contribution in [3.63, 3.8) is 0 Å². The van der Waals surface area contributed by atoms with E-state index in [4.69, 9.17) is 16.3 Å². The summed E-state index contributed by atoms with van der Waals surface area (Å²) in [6.45, 7) is 1.86. The first-order valence-electron chi connectivity index (χ1n) is 8.98. The Morgan fingerprint density at radius 2 is 1.41 bits per heavy atom. The number of carbonyl (C=O) groups is 1. The van der Waals surface area contributed by atoms with Gasteiger partial charge in [0.15, 0.2) is 5.75 Å². The van der Waals surface area contributed by atoms with Crippen LogP contribution in [0.5, 0.6) is 11.5 Å². The van der Waals surface area contributed by atoms with Crippen LogP contribution in [0.4, 0.5) is 32.0 Å². The maximum atomic E-state index is 13.1. The minimum atomic E-state index is -5.08. The zero-order valence-electron chi connectivity index (χ0n) is 16.2. The summed E-state index contributed by atoms with van der Waals surface area (Å²) in [6, 6.07) is 11.6. The Bertz CT molecular complexity index is 1110. The molecule has 3 rings (SSSR count). The minimum Gasteiger partial charge on any atom is -0.455 e. The molecule has 3 nitrogen and oxygen atoms in total. The van der Waals surface area contributed by atoms with Crippen molar-refractivity contribution in [1.82, 2.24) is 0 Å². The van der Waals surface area contributed by atoms with Crippen molar-refractivity contribution in [3.8, 4) is 11.5 Å². The Morgan fingerprint density at radius 1 is 0.844 bits per heavy atom. The zero-order chi connectivity index (χ0) is 23.7. The third kappa shape index (κ3) is 5.73. The maximum absolute atomic E-state index is 13.1. The maximum Gasteiger partial charge on any atom is 0.416 e. The first-order chi connectivity index (χ1) is 14.8. The number of aryl methyl sites for hydroxylation is 1. The Hall–Kier alpha value is -3.20. The second-order valence-corrected chi connectivity index (χ2v) is 7.24. The topological polar surface area (TPSA) is 38.3 Å². The van der Waals surface area contributed by atoms with Crippen molar-refractivity contribution in [2.24, 2.45) is 0 Å². The lowest BCUT2D eigenvalue weighted by molar-refractivity contribution is -0.143. The number of ether oxygens (including phenoxy) is 1. The number of benzene rings is 3. The fraction of sp³-hybridized carbons (Fsp3) is 0.136. The molecule has 3 aromatic rings. The lowest BCUT2D eigenvalue weighted by Gasteiger charge is -2.16. The summed E-state index contributed by atoms with van der Waals surface area (Å²) >= 11 is 5.94. The molecule has 0 aliphatic carbocycles. The van der Waals surface area contributed by atoms with Crippen LogP contribution in [0.25, 0.3) is 0 Å². The van der Waals surface area contributed by atoms with Crippen LogP contribution in [-0.2, 0) is 12.4 Å². The number of hydrogen-bond acceptors (Lipinski definition) is 2. The van der Waals surface area contributed by atoms with Crippen molar-refractivity contribution in [1.29, 1.82) is 0 Å². The fourth-order valence-corrected chi connectivity index (χ4v) is 2.87. The summed E-state index contributed by atoms with van der Waals surface area (Å²) < 4.78 is 84.1. The molecule has 168 valence electrons. The van der Waals surface area contributed by atoms with Crippen molar-refractivity contribution in [3.05, 3.63) is 87.9 Å². The first kappa shape index (κ1) is 23.5. The van der Waals surface area contributed by atoms with Gasteiger partial charge in [-0.1, -0.05) is 29.3 Å². The van der Waals surface area contributed by atoms with E-state index in [0.717, 1.165) is 5.56 Å². The molecule has 0 spiro atoms. The summed E-state index contributed by atoms with van der Waals surface area (Å²) in [6.07, 6.45) is -10.2. The van der Waals surface area contributed by atoms with E-state index in [1.54, 1.807) is 24.3 Å². The Morgan fingerprint density at radius 3 is 1.94 bits per heavy atom. The first-order valence-corrected chi connectivity index (χ1v) is 9.35. The molecule has 32 heavy (non-hydrogen) atoms. The van der Waals surface area contributed by atoms with Crippen molar-refractivity contribution in [2.75, 3.05) is 5.32 Å². The SMILES string of the molecule is Cc1ccc(Oc2ccc(Cl)cc2NC(=O)c2cc(C(F)(F)F)cc(C(F)(F)F)c2)cc1. The molecule has 3 aromatic carbocycles. The second kappa shape index (κ2) is 8.74. The molecule has 0 atom stereocenters. The molecule has 0 heterocycles. The molecule has 0 saturated heterocycles. The number of alkyl halides is 6. The van der Waals surface area contributed by atoms with E-state index in [9.17, 15) is 31.1 Å². The van der Waals surface area contributed by atoms with Crippen LogP contribution in [0.3, 0.4) is 0 Å². The van der Waals surface area contributed by atoms with Crippen LogP contribution in [0.1, 0.15) is 27.0 Å². The smallest absolute Gasteiger partial charge is 0.416 e. The standard InChI is InChI=1S/C22H14ClF6NO2/c1-12-2-5-17(6-3-12)32-19-7-4-16(23)11-18(19)30-20(31)13-8-14(21(24,25)26)10-15(9-13)22(27,28)29/h2-11H,1H3,(H,30,31). The summed E-state index contributed by atoms with van der Waals surface area (Å²) in [5.74, 6) is -0.709. The molecule has 0 radical (unpaired) electrons. The van der Waals surface area contributed by atoms with Gasteiger partial charge in [0.05, 0.1) is 16.8 Å². The zero-order valence-corrected chi connectivity index (χ0v) is 17.0. The Balaban J connectivity index is 1.96. The van der Waals surface area contributed by atoms with Crippen molar-refractivity contribution >= 4 is 23.2 Å². The van der Waals surface area contributed by atoms with Gasteiger partial charge in [-0.05, 0) is 55.5 Å². The van der Waals surface area contributed by atoms with Gasteiger partial charge >= 0.3 is 12.4 Å². The van der Waals surface area contributed by atoms with Gasteiger partial charge < -0.3 is 10.1 Å². The van der Waals surface area contributed by atoms with E-state index in [0.29, 0.717) is 17.9 Å². The number of rotatable bonds is 4. The molecule has 1 amide bonds.